The van der Waals surface area contributed by atoms with E-state index in [1.807, 2.05) is 39.8 Å². The topological polar surface area (TPSA) is 97.0 Å². The fraction of sp³-hybridized carbons (Fsp3) is 0.333. The van der Waals surface area contributed by atoms with Crippen molar-refractivity contribution in [1.82, 2.24) is 20.2 Å². The van der Waals surface area contributed by atoms with Crippen LogP contribution in [0.25, 0.3) is 11.4 Å². The van der Waals surface area contributed by atoms with Crippen molar-refractivity contribution >= 4 is 5.82 Å². The van der Waals surface area contributed by atoms with E-state index >= 15 is 0 Å². The van der Waals surface area contributed by atoms with Crippen LogP contribution in [0.3, 0.4) is 0 Å². The van der Waals surface area contributed by atoms with E-state index in [0.29, 0.717) is 29.0 Å². The molecule has 7 heteroatoms. The van der Waals surface area contributed by atoms with Crippen LogP contribution in [0.4, 0.5) is 5.82 Å². The van der Waals surface area contributed by atoms with Crippen LogP contribution in [-0.2, 0) is 0 Å². The molecule has 0 spiro atoms. The molecule has 0 aliphatic rings. The Morgan fingerprint density at radius 3 is 2.44 bits per heavy atom. The lowest BCUT2D eigenvalue weighted by Gasteiger charge is -2.13. The molecule has 0 fully saturated rings. The van der Waals surface area contributed by atoms with Crippen LogP contribution in [0.2, 0.25) is 0 Å². The molecule has 0 radical (unpaired) electrons. The van der Waals surface area contributed by atoms with Crippen molar-refractivity contribution in [2.75, 3.05) is 5.32 Å². The molecule has 1 atom stereocenters. The summed E-state index contributed by atoms with van der Waals surface area (Å²) < 4.78 is 5.68. The molecule has 0 amide bonds. The third kappa shape index (κ3) is 3.76. The summed E-state index contributed by atoms with van der Waals surface area (Å²) in [5, 5.41) is 21.4. The Labute approximate surface area is 146 Å². The summed E-state index contributed by atoms with van der Waals surface area (Å²) in [6, 6.07) is 8.62. The Morgan fingerprint density at radius 2 is 1.76 bits per heavy atom. The van der Waals surface area contributed by atoms with Gasteiger partial charge in [0.05, 0.1) is 5.56 Å². The van der Waals surface area contributed by atoms with Crippen molar-refractivity contribution in [1.29, 1.82) is 0 Å². The summed E-state index contributed by atoms with van der Waals surface area (Å²) in [5.41, 5.74) is 1.37. The van der Waals surface area contributed by atoms with E-state index < -0.39 is 0 Å². The lowest BCUT2D eigenvalue weighted by Crippen LogP contribution is -2.09. The van der Waals surface area contributed by atoms with Gasteiger partial charge in [0.1, 0.15) is 17.6 Å². The van der Waals surface area contributed by atoms with E-state index in [2.05, 4.69) is 25.5 Å². The number of aromatic hydroxyl groups is 1. The Morgan fingerprint density at radius 1 is 1.04 bits per heavy atom. The highest BCUT2D eigenvalue weighted by Gasteiger charge is 2.17. The minimum atomic E-state index is -0.202. The van der Waals surface area contributed by atoms with Gasteiger partial charge in [-0.1, -0.05) is 26.0 Å². The summed E-state index contributed by atoms with van der Waals surface area (Å²) in [6.45, 7) is 7.81. The smallest absolute Gasteiger partial charge is 0.238 e. The normalized spacial score (nSPS) is 12.4. The zero-order valence-corrected chi connectivity index (χ0v) is 14.7. The molecular formula is C18H21N5O2. The predicted molar refractivity (Wildman–Crippen MR) is 94.3 cm³/mol. The zero-order valence-electron chi connectivity index (χ0n) is 14.7. The SMILES string of the molecule is Cc1cc(N[C@@H](C)c2nnc(C(C)C)o2)nc(-c2ccccc2O)n1. The number of phenolic OH excluding ortho intramolecular Hbond substituents is 1. The number of hydrogen-bond donors (Lipinski definition) is 2. The second-order valence-corrected chi connectivity index (χ2v) is 6.23. The van der Waals surface area contributed by atoms with E-state index in [4.69, 9.17) is 4.42 Å². The fourth-order valence-electron chi connectivity index (χ4n) is 2.36. The maximum atomic E-state index is 10.0. The number of para-hydroxylation sites is 1. The number of rotatable bonds is 5. The number of phenols is 1. The van der Waals surface area contributed by atoms with Crippen LogP contribution in [0, 0.1) is 6.92 Å². The Balaban J connectivity index is 1.86. The van der Waals surface area contributed by atoms with Gasteiger partial charge < -0.3 is 14.8 Å². The number of aryl methyl sites for hydroxylation is 1. The van der Waals surface area contributed by atoms with E-state index in [1.165, 1.54) is 0 Å². The molecule has 0 saturated heterocycles. The number of nitrogens with one attached hydrogen (secondary N) is 1. The van der Waals surface area contributed by atoms with E-state index in [-0.39, 0.29) is 17.7 Å². The van der Waals surface area contributed by atoms with Gasteiger partial charge in [0.2, 0.25) is 11.8 Å². The van der Waals surface area contributed by atoms with E-state index in [0.717, 1.165) is 5.69 Å². The van der Waals surface area contributed by atoms with Crippen LogP contribution in [0.15, 0.2) is 34.7 Å². The maximum absolute atomic E-state index is 10.0. The number of aromatic nitrogens is 4. The molecule has 2 N–H and O–H groups in total. The first-order valence-electron chi connectivity index (χ1n) is 8.18. The summed E-state index contributed by atoms with van der Waals surface area (Å²) in [5.74, 6) is 2.53. The van der Waals surface area contributed by atoms with Crippen molar-refractivity contribution < 1.29 is 9.52 Å². The Hall–Kier alpha value is -2.96. The van der Waals surface area contributed by atoms with Crippen molar-refractivity contribution in [2.24, 2.45) is 0 Å². The highest BCUT2D eigenvalue weighted by atomic mass is 16.4. The van der Waals surface area contributed by atoms with Crippen LogP contribution < -0.4 is 5.32 Å². The van der Waals surface area contributed by atoms with Crippen molar-refractivity contribution in [3.8, 4) is 17.1 Å². The van der Waals surface area contributed by atoms with E-state index in [9.17, 15) is 5.11 Å². The standard InChI is InChI=1S/C18H21N5O2/c1-10(2)17-22-23-18(25-17)12(4)20-15-9-11(3)19-16(21-15)13-7-5-6-8-14(13)24/h5-10,12,24H,1-4H3,(H,19,20,21)/t12-/m0/s1. The minimum absolute atomic E-state index is 0.144. The third-order valence-corrected chi connectivity index (χ3v) is 3.68. The molecule has 0 saturated carbocycles. The zero-order chi connectivity index (χ0) is 18.0. The van der Waals surface area contributed by atoms with Crippen LogP contribution in [0.1, 0.15) is 50.2 Å². The maximum Gasteiger partial charge on any atom is 0.238 e. The van der Waals surface area contributed by atoms with Crippen molar-refractivity contribution in [3.63, 3.8) is 0 Å². The lowest BCUT2D eigenvalue weighted by molar-refractivity contribution is 0.419. The minimum Gasteiger partial charge on any atom is -0.507 e. The summed E-state index contributed by atoms with van der Waals surface area (Å²) >= 11 is 0. The fourth-order valence-corrected chi connectivity index (χ4v) is 2.36. The second-order valence-electron chi connectivity index (χ2n) is 6.23. The number of nitrogens with zero attached hydrogens (tertiary/aromatic N) is 4. The highest BCUT2D eigenvalue weighted by Crippen LogP contribution is 2.28. The summed E-state index contributed by atoms with van der Waals surface area (Å²) in [4.78, 5) is 8.91. The first kappa shape index (κ1) is 16.9. The summed E-state index contributed by atoms with van der Waals surface area (Å²) in [6.07, 6.45) is 0. The molecule has 0 aliphatic heterocycles. The predicted octanol–water partition coefficient (Wildman–Crippen LogP) is 3.84. The van der Waals surface area contributed by atoms with Gasteiger partial charge in [-0.05, 0) is 26.0 Å². The number of anilines is 1. The molecule has 0 bridgehead atoms. The van der Waals surface area contributed by atoms with E-state index in [1.54, 1.807) is 18.2 Å². The summed E-state index contributed by atoms with van der Waals surface area (Å²) in [7, 11) is 0. The average Bonchev–Trinajstić information content (AvgIpc) is 3.05. The van der Waals surface area contributed by atoms with Crippen LogP contribution in [0.5, 0.6) is 5.75 Å². The van der Waals surface area contributed by atoms with Crippen LogP contribution in [-0.4, -0.2) is 25.3 Å². The molecule has 2 heterocycles. The molecular weight excluding hydrogens is 318 g/mol. The molecule has 0 unspecified atom stereocenters. The van der Waals surface area contributed by atoms with Crippen LogP contribution >= 0.6 is 0 Å². The first-order chi connectivity index (χ1) is 11.9. The molecule has 2 aromatic heterocycles. The van der Waals surface area contributed by atoms with Crippen molar-refractivity contribution in [2.45, 2.75) is 39.7 Å². The first-order valence-corrected chi connectivity index (χ1v) is 8.18. The van der Waals surface area contributed by atoms with Gasteiger partial charge in [0.25, 0.3) is 0 Å². The molecule has 0 aliphatic carbocycles. The number of hydrogen-bond acceptors (Lipinski definition) is 7. The van der Waals surface area contributed by atoms with Gasteiger partial charge in [0.15, 0.2) is 5.82 Å². The molecule has 130 valence electrons. The Bertz CT molecular complexity index is 875. The second kappa shape index (κ2) is 6.88. The number of benzene rings is 1. The third-order valence-electron chi connectivity index (χ3n) is 3.68. The van der Waals surface area contributed by atoms with Gasteiger partial charge in [-0.3, -0.25) is 0 Å². The molecule has 7 nitrogen and oxygen atoms in total. The molecule has 1 aromatic carbocycles. The lowest BCUT2D eigenvalue weighted by atomic mass is 10.2. The Kier molecular flexibility index (Phi) is 4.65. The van der Waals surface area contributed by atoms with Crippen molar-refractivity contribution in [3.05, 3.63) is 47.8 Å². The van der Waals surface area contributed by atoms with Gasteiger partial charge >= 0.3 is 0 Å². The van der Waals surface area contributed by atoms with Gasteiger partial charge in [0, 0.05) is 17.7 Å². The highest BCUT2D eigenvalue weighted by molar-refractivity contribution is 5.64. The molecule has 3 aromatic rings. The monoisotopic (exact) mass is 339 g/mol. The molecule has 25 heavy (non-hydrogen) atoms. The molecule has 3 rings (SSSR count). The largest absolute Gasteiger partial charge is 0.507 e. The quantitative estimate of drug-likeness (QED) is 0.729. The van der Waals surface area contributed by atoms with Gasteiger partial charge in [-0.15, -0.1) is 10.2 Å². The average molecular weight is 339 g/mol. The van der Waals surface area contributed by atoms with Gasteiger partial charge in [-0.2, -0.15) is 0 Å². The van der Waals surface area contributed by atoms with Gasteiger partial charge in [-0.25, -0.2) is 9.97 Å².